The summed E-state index contributed by atoms with van der Waals surface area (Å²) in [7, 11) is 1.83. The van der Waals surface area contributed by atoms with Crippen LogP contribution >= 0.6 is 0 Å². The number of fused-ring (bicyclic) bond motifs is 1. The first-order valence-electron chi connectivity index (χ1n) is 8.60. The second kappa shape index (κ2) is 7.25. The number of aromatic nitrogens is 3. The van der Waals surface area contributed by atoms with Crippen molar-refractivity contribution in [3.63, 3.8) is 0 Å². The fourth-order valence-corrected chi connectivity index (χ4v) is 4.17. The van der Waals surface area contributed by atoms with Crippen molar-refractivity contribution in [2.45, 2.75) is 63.4 Å². The molecule has 7 nitrogen and oxygen atoms in total. The molecule has 2 aliphatic rings. The van der Waals surface area contributed by atoms with Crippen LogP contribution < -0.4 is 0 Å². The Morgan fingerprint density at radius 1 is 1.43 bits per heavy atom. The fraction of sp³-hybridized carbons (Fsp3) is 0.875. The number of ether oxygens (including phenoxy) is 2. The molecule has 0 amide bonds. The van der Waals surface area contributed by atoms with Crippen LogP contribution in [0.5, 0.6) is 0 Å². The van der Waals surface area contributed by atoms with Crippen molar-refractivity contribution in [1.82, 2.24) is 19.7 Å². The molecule has 2 fully saturated rings. The first-order chi connectivity index (χ1) is 11.2. The number of aliphatic hydroxyl groups is 1. The number of aryl methyl sites for hydroxylation is 1. The zero-order valence-electron chi connectivity index (χ0n) is 14.1. The Morgan fingerprint density at radius 3 is 3.04 bits per heavy atom. The molecule has 1 saturated carbocycles. The van der Waals surface area contributed by atoms with Crippen LogP contribution in [0, 0.1) is 0 Å². The molecule has 0 unspecified atom stereocenters. The summed E-state index contributed by atoms with van der Waals surface area (Å²) in [5.74, 6) is 1.01. The van der Waals surface area contributed by atoms with Gasteiger partial charge in [0.25, 0.3) is 0 Å². The predicted octanol–water partition coefficient (Wildman–Crippen LogP) is 0.819. The summed E-state index contributed by atoms with van der Waals surface area (Å²) in [5.41, 5.74) is -0.0594. The van der Waals surface area contributed by atoms with Crippen molar-refractivity contribution in [2.75, 3.05) is 26.9 Å². The molecule has 3 atom stereocenters. The Hall–Kier alpha value is -1.02. The van der Waals surface area contributed by atoms with Gasteiger partial charge in [-0.05, 0) is 32.6 Å². The molecule has 1 aromatic rings. The Bertz CT molecular complexity index is 509. The molecule has 0 aromatic carbocycles. The summed E-state index contributed by atoms with van der Waals surface area (Å²) in [6.07, 6.45) is 5.87. The highest BCUT2D eigenvalue weighted by Crippen LogP contribution is 2.43. The van der Waals surface area contributed by atoms with Gasteiger partial charge in [-0.2, -0.15) is 5.10 Å². The van der Waals surface area contributed by atoms with E-state index in [-0.39, 0.29) is 18.3 Å². The SMILES string of the molecule is CCn1ncnc1CN1CC[C@]2(OC)CC[C@H](OCCO)C[C@H]12. The highest BCUT2D eigenvalue weighted by Gasteiger charge is 2.51. The molecule has 1 N–H and O–H groups in total. The van der Waals surface area contributed by atoms with Gasteiger partial charge in [-0.1, -0.05) is 0 Å². The molecule has 1 aromatic heterocycles. The molecule has 0 bridgehead atoms. The minimum Gasteiger partial charge on any atom is -0.394 e. The topological polar surface area (TPSA) is 72.6 Å². The highest BCUT2D eigenvalue weighted by molar-refractivity contribution is 5.06. The van der Waals surface area contributed by atoms with Crippen LogP contribution in [0.4, 0.5) is 0 Å². The van der Waals surface area contributed by atoms with Crippen LogP contribution in [0.1, 0.15) is 38.4 Å². The molecule has 0 spiro atoms. The zero-order chi connectivity index (χ0) is 16.3. The van der Waals surface area contributed by atoms with Gasteiger partial charge < -0.3 is 14.6 Å². The number of hydrogen-bond donors (Lipinski definition) is 1. The van der Waals surface area contributed by atoms with Crippen molar-refractivity contribution < 1.29 is 14.6 Å². The van der Waals surface area contributed by atoms with Crippen LogP contribution in [0.3, 0.4) is 0 Å². The molecule has 1 aliphatic carbocycles. The first-order valence-corrected chi connectivity index (χ1v) is 8.60. The van der Waals surface area contributed by atoms with Crippen LogP contribution in [0.15, 0.2) is 6.33 Å². The molecule has 130 valence electrons. The lowest BCUT2D eigenvalue weighted by atomic mass is 9.79. The van der Waals surface area contributed by atoms with Gasteiger partial charge in [0.2, 0.25) is 0 Å². The molecule has 0 radical (unpaired) electrons. The summed E-state index contributed by atoms with van der Waals surface area (Å²) in [5, 5.41) is 13.3. The smallest absolute Gasteiger partial charge is 0.141 e. The van der Waals surface area contributed by atoms with Crippen molar-refractivity contribution in [2.24, 2.45) is 0 Å². The van der Waals surface area contributed by atoms with E-state index < -0.39 is 0 Å². The van der Waals surface area contributed by atoms with Crippen molar-refractivity contribution in [1.29, 1.82) is 0 Å². The van der Waals surface area contributed by atoms with Gasteiger partial charge in [0.15, 0.2) is 0 Å². The fourth-order valence-electron chi connectivity index (χ4n) is 4.17. The van der Waals surface area contributed by atoms with Crippen LogP contribution in [-0.2, 0) is 22.6 Å². The van der Waals surface area contributed by atoms with Crippen LogP contribution in [0.2, 0.25) is 0 Å². The van der Waals surface area contributed by atoms with E-state index in [1.165, 1.54) is 0 Å². The minimum absolute atomic E-state index is 0.0594. The van der Waals surface area contributed by atoms with E-state index in [9.17, 15) is 0 Å². The minimum atomic E-state index is -0.0594. The molecule has 1 saturated heterocycles. The number of hydrogen-bond acceptors (Lipinski definition) is 6. The van der Waals surface area contributed by atoms with Crippen molar-refractivity contribution in [3.05, 3.63) is 12.2 Å². The normalized spacial score (nSPS) is 31.4. The van der Waals surface area contributed by atoms with Gasteiger partial charge >= 0.3 is 0 Å². The first kappa shape index (κ1) is 16.8. The summed E-state index contributed by atoms with van der Waals surface area (Å²) in [6, 6.07) is 0.340. The van der Waals surface area contributed by atoms with Crippen molar-refractivity contribution in [3.8, 4) is 0 Å². The van der Waals surface area contributed by atoms with Gasteiger partial charge in [-0.3, -0.25) is 4.90 Å². The standard InChI is InChI=1S/C16H28N4O3/c1-3-20-15(17-12-18-20)11-19-7-6-16(22-2)5-4-13(10-14(16)19)23-9-8-21/h12-14,21H,3-11H2,1-2H3/t13-,14-,16+/m0/s1. The molecule has 3 rings (SSSR count). The number of methoxy groups -OCH3 is 1. The number of likely N-dealkylation sites (tertiary alicyclic amines) is 1. The van der Waals surface area contributed by atoms with Gasteiger partial charge in [0.1, 0.15) is 12.2 Å². The molecular formula is C16H28N4O3. The summed E-state index contributed by atoms with van der Waals surface area (Å²) >= 11 is 0. The van der Waals surface area contributed by atoms with E-state index in [1.807, 2.05) is 11.8 Å². The van der Waals surface area contributed by atoms with Gasteiger partial charge in [-0.15, -0.1) is 0 Å². The molecule has 23 heavy (non-hydrogen) atoms. The van der Waals surface area contributed by atoms with E-state index in [0.29, 0.717) is 12.6 Å². The Balaban J connectivity index is 1.71. The monoisotopic (exact) mass is 324 g/mol. The van der Waals surface area contributed by atoms with E-state index in [0.717, 1.165) is 51.1 Å². The van der Waals surface area contributed by atoms with Crippen molar-refractivity contribution >= 4 is 0 Å². The Morgan fingerprint density at radius 2 is 2.30 bits per heavy atom. The third kappa shape index (κ3) is 3.28. The van der Waals surface area contributed by atoms with E-state index in [4.69, 9.17) is 14.6 Å². The average Bonchev–Trinajstić information content (AvgIpc) is 3.18. The Kier molecular flexibility index (Phi) is 5.31. The molecule has 7 heteroatoms. The number of aliphatic hydroxyl groups excluding tert-OH is 1. The van der Waals surface area contributed by atoms with Crippen LogP contribution in [-0.4, -0.2) is 69.4 Å². The second-order valence-corrected chi connectivity index (χ2v) is 6.49. The lowest BCUT2D eigenvalue weighted by Gasteiger charge is -2.43. The van der Waals surface area contributed by atoms with Gasteiger partial charge in [-0.25, -0.2) is 9.67 Å². The quantitative estimate of drug-likeness (QED) is 0.800. The van der Waals surface area contributed by atoms with E-state index >= 15 is 0 Å². The zero-order valence-corrected chi connectivity index (χ0v) is 14.1. The lowest BCUT2D eigenvalue weighted by molar-refractivity contribution is -0.104. The molecule has 2 heterocycles. The maximum Gasteiger partial charge on any atom is 0.141 e. The van der Waals surface area contributed by atoms with E-state index in [2.05, 4.69) is 21.9 Å². The number of rotatable bonds is 7. The summed E-state index contributed by atoms with van der Waals surface area (Å²) < 4.78 is 13.7. The summed E-state index contributed by atoms with van der Waals surface area (Å²) in [4.78, 5) is 6.88. The summed E-state index contributed by atoms with van der Waals surface area (Å²) in [6.45, 7) is 5.24. The third-order valence-corrected chi connectivity index (χ3v) is 5.44. The largest absolute Gasteiger partial charge is 0.394 e. The van der Waals surface area contributed by atoms with Crippen LogP contribution in [0.25, 0.3) is 0 Å². The third-order valence-electron chi connectivity index (χ3n) is 5.44. The maximum atomic E-state index is 8.98. The second-order valence-electron chi connectivity index (χ2n) is 6.49. The molecular weight excluding hydrogens is 296 g/mol. The van der Waals surface area contributed by atoms with Gasteiger partial charge in [0.05, 0.1) is 31.5 Å². The van der Waals surface area contributed by atoms with Gasteiger partial charge in [0, 0.05) is 26.2 Å². The van der Waals surface area contributed by atoms with E-state index in [1.54, 1.807) is 6.33 Å². The average molecular weight is 324 g/mol. The Labute approximate surface area is 137 Å². The highest BCUT2D eigenvalue weighted by atomic mass is 16.5. The maximum absolute atomic E-state index is 8.98. The lowest BCUT2D eigenvalue weighted by Crippen LogP contribution is -2.51. The predicted molar refractivity (Wildman–Crippen MR) is 84.9 cm³/mol. The number of nitrogens with zero attached hydrogens (tertiary/aromatic N) is 4. The molecule has 1 aliphatic heterocycles.